The molecule has 162 valence electrons. The Kier molecular flexibility index (Phi) is 6.06. The zero-order valence-electron chi connectivity index (χ0n) is 17.4. The third kappa shape index (κ3) is 4.33. The molecule has 31 heavy (non-hydrogen) atoms. The molecule has 4 rings (SSSR count). The van der Waals surface area contributed by atoms with E-state index in [-0.39, 0.29) is 4.90 Å². The van der Waals surface area contributed by atoms with Gasteiger partial charge in [0.2, 0.25) is 10.0 Å². The summed E-state index contributed by atoms with van der Waals surface area (Å²) in [5.41, 5.74) is 1.60. The summed E-state index contributed by atoms with van der Waals surface area (Å²) in [6.45, 7) is 1.84. The highest BCUT2D eigenvalue weighted by molar-refractivity contribution is 7.89. The number of rotatable bonds is 6. The van der Waals surface area contributed by atoms with Gasteiger partial charge in [-0.2, -0.15) is 4.31 Å². The maximum atomic E-state index is 12.9. The van der Waals surface area contributed by atoms with Gasteiger partial charge in [-0.3, -0.25) is 0 Å². The van der Waals surface area contributed by atoms with E-state index in [1.807, 2.05) is 41.3 Å². The predicted molar refractivity (Wildman–Crippen MR) is 118 cm³/mol. The molecule has 0 unspecified atom stereocenters. The van der Waals surface area contributed by atoms with E-state index in [1.165, 1.54) is 4.31 Å². The van der Waals surface area contributed by atoms with Crippen LogP contribution in [0.1, 0.15) is 0 Å². The zero-order chi connectivity index (χ0) is 21.8. The molecule has 0 N–H and O–H groups in total. The van der Waals surface area contributed by atoms with Crippen LogP contribution >= 0.6 is 0 Å². The first-order chi connectivity index (χ1) is 15.0. The number of hydrogen-bond acceptors (Lipinski definition) is 7. The van der Waals surface area contributed by atoms with Gasteiger partial charge in [0, 0.05) is 31.7 Å². The lowest BCUT2D eigenvalue weighted by Crippen LogP contribution is -2.48. The Morgan fingerprint density at radius 3 is 2.13 bits per heavy atom. The van der Waals surface area contributed by atoms with Crippen molar-refractivity contribution in [2.75, 3.05) is 45.3 Å². The highest BCUT2D eigenvalue weighted by Gasteiger charge is 2.29. The summed E-state index contributed by atoms with van der Waals surface area (Å²) in [6.07, 6.45) is 0. The molecule has 0 amide bonds. The van der Waals surface area contributed by atoms with Crippen molar-refractivity contribution in [1.82, 2.24) is 14.5 Å². The number of aromatic nitrogens is 2. The highest BCUT2D eigenvalue weighted by Crippen LogP contribution is 2.28. The second-order valence-electron chi connectivity index (χ2n) is 7.04. The predicted octanol–water partition coefficient (Wildman–Crippen LogP) is 2.67. The van der Waals surface area contributed by atoms with Crippen LogP contribution in [0.3, 0.4) is 0 Å². The van der Waals surface area contributed by atoms with Crippen LogP contribution in [0.25, 0.3) is 11.3 Å². The number of para-hydroxylation sites is 1. The van der Waals surface area contributed by atoms with Gasteiger partial charge in [-0.1, -0.05) is 12.1 Å². The molecule has 0 radical (unpaired) electrons. The number of ether oxygens (including phenoxy) is 2. The van der Waals surface area contributed by atoms with Gasteiger partial charge in [0.1, 0.15) is 11.5 Å². The second kappa shape index (κ2) is 8.91. The first kappa shape index (κ1) is 21.1. The smallest absolute Gasteiger partial charge is 0.243 e. The zero-order valence-corrected chi connectivity index (χ0v) is 18.2. The van der Waals surface area contributed by atoms with E-state index in [0.717, 1.165) is 22.8 Å². The van der Waals surface area contributed by atoms with Gasteiger partial charge in [0.05, 0.1) is 24.8 Å². The van der Waals surface area contributed by atoms with Crippen LogP contribution in [0.15, 0.2) is 65.6 Å². The molecule has 0 spiro atoms. The van der Waals surface area contributed by atoms with E-state index < -0.39 is 10.0 Å². The maximum Gasteiger partial charge on any atom is 0.243 e. The molecule has 2 aromatic carbocycles. The summed E-state index contributed by atoms with van der Waals surface area (Å²) in [5, 5.41) is 8.71. The van der Waals surface area contributed by atoms with E-state index in [1.54, 1.807) is 38.5 Å². The number of hydrogen-bond donors (Lipinski definition) is 0. The molecule has 9 heteroatoms. The van der Waals surface area contributed by atoms with Gasteiger partial charge < -0.3 is 14.4 Å². The summed E-state index contributed by atoms with van der Waals surface area (Å²) in [5.74, 6) is 2.08. The minimum absolute atomic E-state index is 0.266. The number of piperazine rings is 1. The van der Waals surface area contributed by atoms with Crippen LogP contribution in [0.2, 0.25) is 0 Å². The van der Waals surface area contributed by atoms with Gasteiger partial charge in [-0.05, 0) is 48.5 Å². The SMILES string of the molecule is COc1ccc(S(=O)(=O)N2CCN(c3ccc(-c4ccccc4OC)nn3)CC2)cc1. The lowest BCUT2D eigenvalue weighted by Gasteiger charge is -2.34. The Morgan fingerprint density at radius 2 is 1.52 bits per heavy atom. The lowest BCUT2D eigenvalue weighted by molar-refractivity contribution is 0.383. The molecule has 1 aliphatic rings. The van der Waals surface area contributed by atoms with Gasteiger partial charge in [-0.25, -0.2) is 8.42 Å². The first-order valence-corrected chi connectivity index (χ1v) is 11.3. The van der Waals surface area contributed by atoms with E-state index >= 15 is 0 Å². The molecule has 0 saturated carbocycles. The van der Waals surface area contributed by atoms with E-state index in [2.05, 4.69) is 10.2 Å². The van der Waals surface area contributed by atoms with Gasteiger partial charge in [-0.15, -0.1) is 10.2 Å². The Labute approximate surface area is 182 Å². The molecule has 0 atom stereocenters. The number of nitrogens with zero attached hydrogens (tertiary/aromatic N) is 4. The van der Waals surface area contributed by atoms with Gasteiger partial charge >= 0.3 is 0 Å². The largest absolute Gasteiger partial charge is 0.497 e. The Bertz CT molecular complexity index is 1130. The Hall–Kier alpha value is -3.17. The number of benzene rings is 2. The molecule has 1 aromatic heterocycles. The molecule has 0 aliphatic carbocycles. The molecule has 8 nitrogen and oxygen atoms in total. The Morgan fingerprint density at radius 1 is 0.806 bits per heavy atom. The van der Waals surface area contributed by atoms with Crippen LogP contribution in [-0.2, 0) is 10.0 Å². The number of sulfonamides is 1. The minimum atomic E-state index is -3.54. The van der Waals surface area contributed by atoms with Crippen molar-refractivity contribution < 1.29 is 17.9 Å². The fraction of sp³-hybridized carbons (Fsp3) is 0.273. The van der Waals surface area contributed by atoms with Crippen molar-refractivity contribution in [2.45, 2.75) is 4.90 Å². The molecule has 1 aliphatic heterocycles. The van der Waals surface area contributed by atoms with Crippen LogP contribution < -0.4 is 14.4 Å². The van der Waals surface area contributed by atoms with Crippen molar-refractivity contribution in [3.05, 3.63) is 60.7 Å². The van der Waals surface area contributed by atoms with Crippen molar-refractivity contribution in [1.29, 1.82) is 0 Å². The Balaban J connectivity index is 1.43. The van der Waals surface area contributed by atoms with Crippen LogP contribution in [0, 0.1) is 0 Å². The van der Waals surface area contributed by atoms with Gasteiger partial charge in [0.15, 0.2) is 5.82 Å². The summed E-state index contributed by atoms with van der Waals surface area (Å²) < 4.78 is 37.8. The minimum Gasteiger partial charge on any atom is -0.497 e. The van der Waals surface area contributed by atoms with Gasteiger partial charge in [0.25, 0.3) is 0 Å². The van der Waals surface area contributed by atoms with Crippen molar-refractivity contribution in [3.8, 4) is 22.8 Å². The third-order valence-electron chi connectivity index (χ3n) is 5.29. The van der Waals surface area contributed by atoms with Crippen LogP contribution in [0.5, 0.6) is 11.5 Å². The molecule has 1 saturated heterocycles. The van der Waals surface area contributed by atoms with Crippen LogP contribution in [-0.4, -0.2) is 63.3 Å². The third-order valence-corrected chi connectivity index (χ3v) is 7.21. The summed E-state index contributed by atoms with van der Waals surface area (Å²) in [7, 11) is -0.367. The summed E-state index contributed by atoms with van der Waals surface area (Å²) >= 11 is 0. The number of methoxy groups -OCH3 is 2. The molecule has 0 bridgehead atoms. The maximum absolute atomic E-state index is 12.9. The van der Waals surface area contributed by atoms with E-state index in [0.29, 0.717) is 31.9 Å². The topological polar surface area (TPSA) is 84.9 Å². The lowest BCUT2D eigenvalue weighted by atomic mass is 10.1. The standard InChI is InChI=1S/C22H24N4O4S/c1-29-17-7-9-18(10-8-17)31(27,28)26-15-13-25(14-16-26)22-12-11-20(23-24-22)19-5-3-4-6-21(19)30-2/h3-12H,13-16H2,1-2H3. The molecular weight excluding hydrogens is 416 g/mol. The average molecular weight is 441 g/mol. The van der Waals surface area contributed by atoms with Crippen molar-refractivity contribution in [3.63, 3.8) is 0 Å². The van der Waals surface area contributed by atoms with Crippen molar-refractivity contribution >= 4 is 15.8 Å². The molecule has 3 aromatic rings. The van der Waals surface area contributed by atoms with Crippen molar-refractivity contribution in [2.24, 2.45) is 0 Å². The highest BCUT2D eigenvalue weighted by atomic mass is 32.2. The fourth-order valence-electron chi connectivity index (χ4n) is 3.55. The average Bonchev–Trinajstić information content (AvgIpc) is 2.84. The van der Waals surface area contributed by atoms with Crippen LogP contribution in [0.4, 0.5) is 5.82 Å². The van der Waals surface area contributed by atoms with E-state index in [9.17, 15) is 8.42 Å². The fourth-order valence-corrected chi connectivity index (χ4v) is 4.97. The number of anilines is 1. The molecule has 1 fully saturated rings. The van der Waals surface area contributed by atoms with E-state index in [4.69, 9.17) is 9.47 Å². The molecule has 2 heterocycles. The second-order valence-corrected chi connectivity index (χ2v) is 8.98. The summed E-state index contributed by atoms with van der Waals surface area (Å²) in [4.78, 5) is 2.31. The quantitative estimate of drug-likeness (QED) is 0.583. The molecular formula is C22H24N4O4S. The monoisotopic (exact) mass is 440 g/mol. The first-order valence-electron chi connectivity index (χ1n) is 9.89. The normalized spacial score (nSPS) is 15.0. The summed E-state index contributed by atoms with van der Waals surface area (Å²) in [6, 6.07) is 17.9.